The molecule has 1 aromatic carbocycles. The minimum Gasteiger partial charge on any atom is -0.311 e. The first-order valence-electron chi connectivity index (χ1n) is 5.53. The fraction of sp³-hybridized carbons (Fsp3) is 0.385. The number of nitrogens with zero attached hydrogens (tertiary/aromatic N) is 2. The van der Waals surface area contributed by atoms with Gasteiger partial charge in [-0.15, -0.1) is 0 Å². The maximum Gasteiger partial charge on any atom is 0.228 e. The van der Waals surface area contributed by atoms with Gasteiger partial charge in [0.2, 0.25) is 5.91 Å². The zero-order chi connectivity index (χ0) is 11.5. The molecule has 0 saturated carbocycles. The van der Waals surface area contributed by atoms with Crippen LogP contribution in [-0.4, -0.2) is 12.5 Å². The van der Waals surface area contributed by atoms with Crippen molar-refractivity contribution in [2.24, 2.45) is 5.92 Å². The molecule has 0 aromatic heterocycles. The highest BCUT2D eigenvalue weighted by molar-refractivity contribution is 5.96. The Kier molecular flexibility index (Phi) is 2.91. The van der Waals surface area contributed by atoms with Gasteiger partial charge in [0.15, 0.2) is 0 Å². The molecule has 3 nitrogen and oxygen atoms in total. The number of aryl methyl sites for hydroxylation is 1. The third kappa shape index (κ3) is 1.92. The summed E-state index contributed by atoms with van der Waals surface area (Å²) in [4.78, 5) is 13.4. The second kappa shape index (κ2) is 4.36. The fourth-order valence-electron chi connectivity index (χ4n) is 1.96. The fourth-order valence-corrected chi connectivity index (χ4v) is 1.96. The quantitative estimate of drug-likeness (QED) is 0.757. The molecular weight excluding hydrogens is 200 g/mol. The van der Waals surface area contributed by atoms with E-state index in [4.69, 9.17) is 5.26 Å². The third-order valence-corrected chi connectivity index (χ3v) is 2.96. The van der Waals surface area contributed by atoms with E-state index in [2.05, 4.69) is 13.0 Å². The topological polar surface area (TPSA) is 44.1 Å². The van der Waals surface area contributed by atoms with Crippen LogP contribution in [0.1, 0.15) is 18.9 Å². The van der Waals surface area contributed by atoms with Gasteiger partial charge in [-0.2, -0.15) is 5.26 Å². The molecule has 16 heavy (non-hydrogen) atoms. The van der Waals surface area contributed by atoms with Crippen molar-refractivity contribution in [2.45, 2.75) is 19.8 Å². The first kappa shape index (κ1) is 10.7. The Labute approximate surface area is 95.3 Å². The van der Waals surface area contributed by atoms with Crippen LogP contribution in [0, 0.1) is 17.2 Å². The minimum atomic E-state index is -0.154. The van der Waals surface area contributed by atoms with Gasteiger partial charge < -0.3 is 4.90 Å². The summed E-state index contributed by atoms with van der Waals surface area (Å²) in [5.41, 5.74) is 2.16. The molecule has 3 heteroatoms. The SMILES string of the molecule is CCc1ccc(N2C[C@H](C#N)CC2=O)cc1. The largest absolute Gasteiger partial charge is 0.311 e. The molecule has 0 radical (unpaired) electrons. The van der Waals surface area contributed by atoms with Gasteiger partial charge in [0, 0.05) is 18.7 Å². The van der Waals surface area contributed by atoms with E-state index in [-0.39, 0.29) is 11.8 Å². The number of rotatable bonds is 2. The molecule has 1 heterocycles. The molecule has 1 fully saturated rings. The molecule has 1 aromatic rings. The Morgan fingerprint density at radius 3 is 2.62 bits per heavy atom. The Morgan fingerprint density at radius 1 is 1.44 bits per heavy atom. The molecule has 0 aliphatic carbocycles. The van der Waals surface area contributed by atoms with E-state index in [1.165, 1.54) is 5.56 Å². The average molecular weight is 214 g/mol. The Morgan fingerprint density at radius 2 is 2.12 bits per heavy atom. The van der Waals surface area contributed by atoms with Crippen molar-refractivity contribution in [1.82, 2.24) is 0 Å². The lowest BCUT2D eigenvalue weighted by Crippen LogP contribution is -2.24. The summed E-state index contributed by atoms with van der Waals surface area (Å²) in [6, 6.07) is 10.1. The Balaban J connectivity index is 2.18. The summed E-state index contributed by atoms with van der Waals surface area (Å²) in [7, 11) is 0. The van der Waals surface area contributed by atoms with Gasteiger partial charge >= 0.3 is 0 Å². The molecule has 82 valence electrons. The predicted molar refractivity (Wildman–Crippen MR) is 61.9 cm³/mol. The van der Waals surface area contributed by atoms with Crippen molar-refractivity contribution in [3.63, 3.8) is 0 Å². The van der Waals surface area contributed by atoms with Crippen molar-refractivity contribution in [2.75, 3.05) is 11.4 Å². The highest BCUT2D eigenvalue weighted by Gasteiger charge is 2.30. The first-order valence-corrected chi connectivity index (χ1v) is 5.53. The molecule has 0 unspecified atom stereocenters. The molecule has 2 rings (SSSR count). The van der Waals surface area contributed by atoms with Crippen LogP contribution in [0.2, 0.25) is 0 Å². The number of anilines is 1. The molecule has 0 spiro atoms. The zero-order valence-corrected chi connectivity index (χ0v) is 9.31. The molecule has 1 aliphatic heterocycles. The normalized spacial score (nSPS) is 19.9. The second-order valence-corrected chi connectivity index (χ2v) is 4.05. The number of hydrogen-bond donors (Lipinski definition) is 0. The van der Waals surface area contributed by atoms with E-state index >= 15 is 0 Å². The van der Waals surface area contributed by atoms with Crippen LogP contribution in [0.25, 0.3) is 0 Å². The Hall–Kier alpha value is -1.82. The van der Waals surface area contributed by atoms with Crippen LogP contribution in [0.5, 0.6) is 0 Å². The number of carbonyl (C=O) groups excluding carboxylic acids is 1. The van der Waals surface area contributed by atoms with E-state index < -0.39 is 0 Å². The average Bonchev–Trinajstić information content (AvgIpc) is 2.71. The molecule has 0 bridgehead atoms. The molecular formula is C13H14N2O. The lowest BCUT2D eigenvalue weighted by molar-refractivity contribution is -0.117. The molecule has 1 aliphatic rings. The van der Waals surface area contributed by atoms with Crippen LogP contribution < -0.4 is 4.90 Å². The van der Waals surface area contributed by atoms with E-state index in [0.29, 0.717) is 13.0 Å². The van der Waals surface area contributed by atoms with E-state index in [1.807, 2.05) is 24.3 Å². The maximum atomic E-state index is 11.7. The maximum absolute atomic E-state index is 11.7. The number of benzene rings is 1. The minimum absolute atomic E-state index is 0.0517. The van der Waals surface area contributed by atoms with Crippen molar-refractivity contribution in [3.8, 4) is 6.07 Å². The lowest BCUT2D eigenvalue weighted by Gasteiger charge is -2.15. The van der Waals surface area contributed by atoms with Gasteiger partial charge in [-0.1, -0.05) is 19.1 Å². The summed E-state index contributed by atoms with van der Waals surface area (Å²) in [6.07, 6.45) is 1.35. The van der Waals surface area contributed by atoms with Gasteiger partial charge in [-0.25, -0.2) is 0 Å². The summed E-state index contributed by atoms with van der Waals surface area (Å²) in [5.74, 6) is -0.103. The monoisotopic (exact) mass is 214 g/mol. The zero-order valence-electron chi connectivity index (χ0n) is 9.31. The standard InChI is InChI=1S/C13H14N2O/c1-2-10-3-5-12(6-4-10)15-9-11(8-14)7-13(15)16/h3-6,11H,2,7,9H2,1H3/t11-/m0/s1. The number of nitriles is 1. The molecule has 1 amide bonds. The summed E-state index contributed by atoms with van der Waals surface area (Å²) < 4.78 is 0. The van der Waals surface area contributed by atoms with Crippen LogP contribution >= 0.6 is 0 Å². The first-order chi connectivity index (χ1) is 7.74. The Bertz CT molecular complexity index is 430. The number of amides is 1. The highest BCUT2D eigenvalue weighted by atomic mass is 16.2. The lowest BCUT2D eigenvalue weighted by atomic mass is 10.1. The second-order valence-electron chi connectivity index (χ2n) is 4.05. The summed E-state index contributed by atoms with van der Waals surface area (Å²) >= 11 is 0. The van der Waals surface area contributed by atoms with Crippen molar-refractivity contribution in [3.05, 3.63) is 29.8 Å². The van der Waals surface area contributed by atoms with Crippen molar-refractivity contribution in [1.29, 1.82) is 5.26 Å². The van der Waals surface area contributed by atoms with Crippen LogP contribution in [-0.2, 0) is 11.2 Å². The summed E-state index contributed by atoms with van der Waals surface area (Å²) in [5, 5.41) is 8.80. The van der Waals surface area contributed by atoms with Gasteiger partial charge in [-0.3, -0.25) is 4.79 Å². The van der Waals surface area contributed by atoms with Gasteiger partial charge in [-0.05, 0) is 24.1 Å². The van der Waals surface area contributed by atoms with Crippen LogP contribution in [0.15, 0.2) is 24.3 Å². The number of hydrogen-bond acceptors (Lipinski definition) is 2. The summed E-state index contributed by atoms with van der Waals surface area (Å²) in [6.45, 7) is 2.63. The smallest absolute Gasteiger partial charge is 0.228 e. The van der Waals surface area contributed by atoms with E-state index in [0.717, 1.165) is 12.1 Å². The van der Waals surface area contributed by atoms with Gasteiger partial charge in [0.25, 0.3) is 0 Å². The van der Waals surface area contributed by atoms with Crippen LogP contribution in [0.4, 0.5) is 5.69 Å². The van der Waals surface area contributed by atoms with Gasteiger partial charge in [0.05, 0.1) is 12.0 Å². The van der Waals surface area contributed by atoms with E-state index in [9.17, 15) is 4.79 Å². The van der Waals surface area contributed by atoms with Crippen LogP contribution in [0.3, 0.4) is 0 Å². The van der Waals surface area contributed by atoms with Crippen molar-refractivity contribution < 1.29 is 4.79 Å². The molecule has 1 saturated heterocycles. The van der Waals surface area contributed by atoms with E-state index in [1.54, 1.807) is 4.90 Å². The third-order valence-electron chi connectivity index (χ3n) is 2.96. The van der Waals surface area contributed by atoms with Gasteiger partial charge in [0.1, 0.15) is 0 Å². The number of carbonyl (C=O) groups is 1. The predicted octanol–water partition coefficient (Wildman–Crippen LogP) is 2.13. The van der Waals surface area contributed by atoms with Crippen molar-refractivity contribution >= 4 is 11.6 Å². The molecule has 0 N–H and O–H groups in total. The highest BCUT2D eigenvalue weighted by Crippen LogP contribution is 2.24. The molecule has 1 atom stereocenters.